The van der Waals surface area contributed by atoms with E-state index >= 15 is 0 Å². The van der Waals surface area contributed by atoms with Crippen LogP contribution in [0, 0.1) is 6.92 Å². The van der Waals surface area contributed by atoms with Crippen LogP contribution in [0.15, 0.2) is 65.6 Å². The molecule has 0 N–H and O–H groups in total. The van der Waals surface area contributed by atoms with Crippen LogP contribution >= 0.6 is 35.0 Å². The van der Waals surface area contributed by atoms with Crippen molar-refractivity contribution in [2.24, 2.45) is 0 Å². The number of carbonyl (C=O) groups is 2. The lowest BCUT2D eigenvalue weighted by atomic mass is 10.1. The molecule has 0 atom stereocenters. The third kappa shape index (κ3) is 5.58. The number of rotatable bonds is 7. The molecule has 1 heterocycles. The number of aryl methyl sites for hydroxylation is 1. The lowest BCUT2D eigenvalue weighted by molar-refractivity contribution is -0.123. The molecule has 34 heavy (non-hydrogen) atoms. The highest BCUT2D eigenvalue weighted by atomic mass is 35.5. The van der Waals surface area contributed by atoms with E-state index in [2.05, 4.69) is 0 Å². The third-order valence-corrected chi connectivity index (χ3v) is 6.67. The van der Waals surface area contributed by atoms with Crippen molar-refractivity contribution in [3.63, 3.8) is 0 Å². The molecule has 0 aliphatic carbocycles. The molecule has 0 spiro atoms. The number of hydrogen-bond acceptors (Lipinski definition) is 5. The summed E-state index contributed by atoms with van der Waals surface area (Å²) in [5.41, 5.74) is 3.49. The van der Waals surface area contributed by atoms with Gasteiger partial charge in [0.15, 0.2) is 11.5 Å². The highest BCUT2D eigenvalue weighted by Gasteiger charge is 2.35. The predicted molar refractivity (Wildman–Crippen MR) is 136 cm³/mol. The van der Waals surface area contributed by atoms with Crippen molar-refractivity contribution in [1.29, 1.82) is 0 Å². The van der Waals surface area contributed by atoms with Gasteiger partial charge in [0, 0.05) is 15.6 Å². The van der Waals surface area contributed by atoms with Crippen LogP contribution in [0.3, 0.4) is 0 Å². The van der Waals surface area contributed by atoms with E-state index in [1.54, 1.807) is 42.5 Å². The number of methoxy groups -OCH3 is 1. The number of nitrogens with zero attached hydrogens (tertiary/aromatic N) is 1. The van der Waals surface area contributed by atoms with Crippen molar-refractivity contribution in [3.8, 4) is 11.5 Å². The second-order valence-electron chi connectivity index (χ2n) is 7.69. The maximum absolute atomic E-state index is 12.9. The molecule has 5 nitrogen and oxygen atoms in total. The minimum absolute atomic E-state index is 0.240. The Kier molecular flexibility index (Phi) is 7.51. The number of ether oxygens (including phenoxy) is 2. The second kappa shape index (κ2) is 10.6. The summed E-state index contributed by atoms with van der Waals surface area (Å²) in [6, 6.07) is 18.3. The van der Waals surface area contributed by atoms with Gasteiger partial charge >= 0.3 is 0 Å². The smallest absolute Gasteiger partial charge is 0.293 e. The molecule has 3 aromatic carbocycles. The predicted octanol–water partition coefficient (Wildman–Crippen LogP) is 7.13. The maximum Gasteiger partial charge on any atom is 0.293 e. The Labute approximate surface area is 212 Å². The zero-order valence-electron chi connectivity index (χ0n) is 18.5. The third-order valence-electron chi connectivity index (χ3n) is 5.18. The summed E-state index contributed by atoms with van der Waals surface area (Å²) in [5, 5.41) is 0.785. The number of thioether (sulfide) groups is 1. The second-order valence-corrected chi connectivity index (χ2v) is 9.53. The van der Waals surface area contributed by atoms with Gasteiger partial charge in [0.2, 0.25) is 0 Å². The molecule has 0 bridgehead atoms. The van der Waals surface area contributed by atoms with Crippen LogP contribution in [0.2, 0.25) is 10.0 Å². The van der Waals surface area contributed by atoms with Gasteiger partial charge in [-0.25, -0.2) is 0 Å². The standard InChI is InChI=1S/C26H21Cl2NO4S/c1-16-4-3-5-18(10-16)14-29-25(30)24(34-26(29)31)12-17-6-9-22(23(11-17)32-2)33-15-19-7-8-20(27)13-21(19)28/h3-13H,14-15H2,1-2H3/b24-12-. The van der Waals surface area contributed by atoms with E-state index in [1.807, 2.05) is 31.2 Å². The number of halogens is 2. The van der Waals surface area contributed by atoms with Gasteiger partial charge in [0.05, 0.1) is 18.6 Å². The van der Waals surface area contributed by atoms with Crippen molar-refractivity contribution >= 4 is 52.2 Å². The zero-order chi connectivity index (χ0) is 24.2. The molecule has 0 saturated carbocycles. The van der Waals surface area contributed by atoms with Crippen molar-refractivity contribution < 1.29 is 19.1 Å². The fourth-order valence-corrected chi connectivity index (χ4v) is 4.77. The monoisotopic (exact) mass is 513 g/mol. The Balaban J connectivity index is 1.49. The molecule has 174 valence electrons. The average molecular weight is 514 g/mol. The first kappa shape index (κ1) is 24.2. The van der Waals surface area contributed by atoms with Crippen molar-refractivity contribution in [3.05, 3.63) is 97.9 Å². The number of carbonyl (C=O) groups excluding carboxylic acids is 2. The molecule has 8 heteroatoms. The fraction of sp³-hybridized carbons (Fsp3) is 0.154. The lowest BCUT2D eigenvalue weighted by Gasteiger charge is -2.13. The van der Waals surface area contributed by atoms with E-state index in [0.717, 1.165) is 34.0 Å². The van der Waals surface area contributed by atoms with E-state index in [9.17, 15) is 9.59 Å². The van der Waals surface area contributed by atoms with Gasteiger partial charge in [-0.1, -0.05) is 65.2 Å². The fourth-order valence-electron chi connectivity index (χ4n) is 3.47. The van der Waals surface area contributed by atoms with Crippen molar-refractivity contribution in [2.75, 3.05) is 7.11 Å². The number of imide groups is 1. The lowest BCUT2D eigenvalue weighted by Crippen LogP contribution is -2.27. The summed E-state index contributed by atoms with van der Waals surface area (Å²) >= 11 is 13.1. The minimum atomic E-state index is -0.312. The normalized spacial score (nSPS) is 14.7. The molecule has 4 rings (SSSR count). The van der Waals surface area contributed by atoms with Gasteiger partial charge in [-0.05, 0) is 60.2 Å². The highest BCUT2D eigenvalue weighted by Crippen LogP contribution is 2.36. The molecule has 1 aliphatic rings. The zero-order valence-corrected chi connectivity index (χ0v) is 20.8. The van der Waals surface area contributed by atoms with Gasteiger partial charge in [-0.15, -0.1) is 0 Å². The van der Waals surface area contributed by atoms with Crippen LogP contribution in [0.25, 0.3) is 6.08 Å². The first-order chi connectivity index (χ1) is 16.3. The molecule has 0 aromatic heterocycles. The Hall–Kier alpha value is -2.93. The van der Waals surface area contributed by atoms with Crippen molar-refractivity contribution in [2.45, 2.75) is 20.1 Å². The Morgan fingerprint density at radius 2 is 1.82 bits per heavy atom. The Morgan fingerprint density at radius 3 is 2.56 bits per heavy atom. The SMILES string of the molecule is COc1cc(/C=C2\SC(=O)N(Cc3cccc(C)c3)C2=O)ccc1OCc1ccc(Cl)cc1Cl. The molecule has 2 amide bonds. The molecular formula is C26H21Cl2NO4S. The van der Waals surface area contributed by atoms with Crippen LogP contribution in [-0.4, -0.2) is 23.2 Å². The highest BCUT2D eigenvalue weighted by molar-refractivity contribution is 8.18. The molecule has 1 aliphatic heterocycles. The van der Waals surface area contributed by atoms with Crippen molar-refractivity contribution in [1.82, 2.24) is 4.90 Å². The summed E-state index contributed by atoms with van der Waals surface area (Å²) in [4.78, 5) is 27.0. The van der Waals surface area contributed by atoms with Gasteiger partial charge in [0.25, 0.3) is 11.1 Å². The molecule has 1 fully saturated rings. The first-order valence-electron chi connectivity index (χ1n) is 10.4. The van der Waals surface area contributed by atoms with E-state index in [0.29, 0.717) is 26.4 Å². The van der Waals surface area contributed by atoms with Crippen LogP contribution < -0.4 is 9.47 Å². The summed E-state index contributed by atoms with van der Waals surface area (Å²) in [5.74, 6) is 0.712. The van der Waals surface area contributed by atoms with Crippen LogP contribution in [-0.2, 0) is 17.9 Å². The molecule has 3 aromatic rings. The first-order valence-corrected chi connectivity index (χ1v) is 12.0. The number of hydrogen-bond donors (Lipinski definition) is 0. The van der Waals surface area contributed by atoms with Crippen LogP contribution in [0.1, 0.15) is 22.3 Å². The van der Waals surface area contributed by atoms with Gasteiger partial charge < -0.3 is 9.47 Å². The van der Waals surface area contributed by atoms with E-state index in [4.69, 9.17) is 32.7 Å². The minimum Gasteiger partial charge on any atom is -0.493 e. The number of amides is 2. The van der Waals surface area contributed by atoms with Gasteiger partial charge in [0.1, 0.15) is 6.61 Å². The summed E-state index contributed by atoms with van der Waals surface area (Å²) in [7, 11) is 1.54. The summed E-state index contributed by atoms with van der Waals surface area (Å²) < 4.78 is 11.4. The van der Waals surface area contributed by atoms with Crippen LogP contribution in [0.5, 0.6) is 11.5 Å². The Bertz CT molecular complexity index is 1290. The summed E-state index contributed by atoms with van der Waals surface area (Å²) in [6.45, 7) is 2.46. The Morgan fingerprint density at radius 1 is 1.00 bits per heavy atom. The van der Waals surface area contributed by atoms with E-state index < -0.39 is 0 Å². The largest absolute Gasteiger partial charge is 0.493 e. The summed E-state index contributed by atoms with van der Waals surface area (Å²) in [6.07, 6.45) is 1.68. The quantitative estimate of drug-likeness (QED) is 0.314. The van der Waals surface area contributed by atoms with E-state index in [1.165, 1.54) is 12.0 Å². The average Bonchev–Trinajstić information content (AvgIpc) is 3.06. The maximum atomic E-state index is 12.9. The molecule has 1 saturated heterocycles. The van der Waals surface area contributed by atoms with Crippen LogP contribution in [0.4, 0.5) is 4.79 Å². The topological polar surface area (TPSA) is 55.8 Å². The molecular weight excluding hydrogens is 493 g/mol. The number of benzene rings is 3. The van der Waals surface area contributed by atoms with Gasteiger partial charge in [-0.3, -0.25) is 14.5 Å². The van der Waals surface area contributed by atoms with E-state index in [-0.39, 0.29) is 24.3 Å². The molecule has 0 radical (unpaired) electrons. The van der Waals surface area contributed by atoms with Gasteiger partial charge in [-0.2, -0.15) is 0 Å². The molecule has 0 unspecified atom stereocenters.